The van der Waals surface area contributed by atoms with Crippen molar-refractivity contribution in [2.45, 2.75) is 19.8 Å². The zero-order valence-electron chi connectivity index (χ0n) is 15.0. The van der Waals surface area contributed by atoms with Gasteiger partial charge in [-0.05, 0) is 41.8 Å². The highest BCUT2D eigenvalue weighted by Crippen LogP contribution is 2.36. The van der Waals surface area contributed by atoms with Crippen molar-refractivity contribution in [3.05, 3.63) is 74.5 Å². The highest BCUT2D eigenvalue weighted by atomic mass is 35.5. The molecule has 3 rings (SSSR count). The van der Waals surface area contributed by atoms with Crippen LogP contribution in [0.5, 0.6) is 11.6 Å². The summed E-state index contributed by atoms with van der Waals surface area (Å²) in [7, 11) is 0. The van der Waals surface area contributed by atoms with Gasteiger partial charge in [-0.3, -0.25) is 10.1 Å². The molecule has 0 aliphatic carbocycles. The molecule has 0 saturated heterocycles. The van der Waals surface area contributed by atoms with E-state index in [-0.39, 0.29) is 17.4 Å². The summed E-state index contributed by atoms with van der Waals surface area (Å²) in [4.78, 5) is 18.9. The zero-order chi connectivity index (χ0) is 20.3. The SMILES string of the molecule is CC(C)c1ccc(Oc2ncnc(Nc3ccc(Cl)c(Cl)c3)c2[N+](=O)[O-])cc1. The number of nitrogens with zero attached hydrogens (tertiary/aromatic N) is 3. The molecule has 0 aliphatic heterocycles. The average molecular weight is 419 g/mol. The summed E-state index contributed by atoms with van der Waals surface area (Å²) in [6, 6.07) is 12.0. The van der Waals surface area contributed by atoms with Crippen LogP contribution in [0.15, 0.2) is 48.8 Å². The van der Waals surface area contributed by atoms with Crippen molar-refractivity contribution >= 4 is 40.4 Å². The van der Waals surface area contributed by atoms with E-state index in [1.165, 1.54) is 6.33 Å². The van der Waals surface area contributed by atoms with E-state index in [0.717, 1.165) is 5.56 Å². The summed E-state index contributed by atoms with van der Waals surface area (Å²) in [5, 5.41) is 15.2. The minimum Gasteiger partial charge on any atom is -0.434 e. The normalized spacial score (nSPS) is 10.8. The largest absolute Gasteiger partial charge is 0.434 e. The Balaban J connectivity index is 1.92. The van der Waals surface area contributed by atoms with Gasteiger partial charge in [-0.25, -0.2) is 4.98 Å². The van der Waals surface area contributed by atoms with Crippen LogP contribution in [0.2, 0.25) is 10.0 Å². The molecule has 0 aliphatic rings. The Kier molecular flexibility index (Phi) is 5.96. The van der Waals surface area contributed by atoms with Crippen LogP contribution in [0.3, 0.4) is 0 Å². The summed E-state index contributed by atoms with van der Waals surface area (Å²) in [6.45, 7) is 4.15. The molecule has 0 atom stereocenters. The second-order valence-corrected chi connectivity index (χ2v) is 7.03. The van der Waals surface area contributed by atoms with Gasteiger partial charge in [-0.2, -0.15) is 4.98 Å². The molecule has 0 fully saturated rings. The molecule has 1 aromatic heterocycles. The second-order valence-electron chi connectivity index (χ2n) is 6.21. The topological polar surface area (TPSA) is 90.2 Å². The fraction of sp³-hybridized carbons (Fsp3) is 0.158. The Morgan fingerprint density at radius 3 is 2.39 bits per heavy atom. The van der Waals surface area contributed by atoms with Crippen molar-refractivity contribution in [3.8, 4) is 11.6 Å². The van der Waals surface area contributed by atoms with E-state index in [9.17, 15) is 10.1 Å². The number of aromatic nitrogens is 2. The van der Waals surface area contributed by atoms with Gasteiger partial charge in [0.1, 0.15) is 12.1 Å². The molecule has 0 bridgehead atoms. The summed E-state index contributed by atoms with van der Waals surface area (Å²) < 4.78 is 5.65. The molecule has 0 spiro atoms. The minimum atomic E-state index is -0.600. The van der Waals surface area contributed by atoms with Crippen LogP contribution < -0.4 is 10.1 Å². The van der Waals surface area contributed by atoms with E-state index in [4.69, 9.17) is 27.9 Å². The standard InChI is InChI=1S/C19H16Cl2N4O3/c1-11(2)12-3-6-14(7-4-12)28-19-17(25(26)27)18(22-10-23-19)24-13-5-8-15(20)16(21)9-13/h3-11H,1-2H3,(H,22,23,24). The van der Waals surface area contributed by atoms with E-state index >= 15 is 0 Å². The molecule has 9 heteroatoms. The number of hydrogen-bond donors (Lipinski definition) is 1. The molecule has 0 saturated carbocycles. The lowest BCUT2D eigenvalue weighted by Gasteiger charge is -2.11. The zero-order valence-corrected chi connectivity index (χ0v) is 16.5. The van der Waals surface area contributed by atoms with E-state index in [1.54, 1.807) is 30.3 Å². The fourth-order valence-corrected chi connectivity index (χ4v) is 2.73. The summed E-state index contributed by atoms with van der Waals surface area (Å²) in [6.07, 6.45) is 1.19. The molecule has 28 heavy (non-hydrogen) atoms. The number of halogens is 2. The predicted octanol–water partition coefficient (Wildman–Crippen LogP) is 6.35. The Hall–Kier alpha value is -2.90. The molecule has 1 heterocycles. The maximum atomic E-state index is 11.6. The molecule has 7 nitrogen and oxygen atoms in total. The Morgan fingerprint density at radius 2 is 1.79 bits per heavy atom. The second kappa shape index (κ2) is 8.41. The highest BCUT2D eigenvalue weighted by molar-refractivity contribution is 6.42. The summed E-state index contributed by atoms with van der Waals surface area (Å²) in [5.41, 5.74) is 1.23. The van der Waals surface area contributed by atoms with Gasteiger partial charge >= 0.3 is 11.6 Å². The Labute approximate surface area is 171 Å². The van der Waals surface area contributed by atoms with Crippen molar-refractivity contribution in [2.75, 3.05) is 5.32 Å². The number of ether oxygens (including phenoxy) is 1. The first-order valence-corrected chi connectivity index (χ1v) is 9.10. The lowest BCUT2D eigenvalue weighted by molar-refractivity contribution is -0.385. The molecule has 3 aromatic rings. The van der Waals surface area contributed by atoms with Crippen LogP contribution in [0, 0.1) is 10.1 Å². The summed E-state index contributed by atoms with van der Waals surface area (Å²) in [5.74, 6) is 0.614. The van der Waals surface area contributed by atoms with Crippen molar-refractivity contribution in [1.82, 2.24) is 9.97 Å². The first kappa shape index (κ1) is 19.9. The fourth-order valence-electron chi connectivity index (χ4n) is 2.44. The number of anilines is 2. The number of nitro groups is 1. The maximum Gasteiger partial charge on any atom is 0.373 e. The third kappa shape index (κ3) is 4.49. The van der Waals surface area contributed by atoms with Gasteiger partial charge < -0.3 is 10.1 Å². The van der Waals surface area contributed by atoms with Gasteiger partial charge in [0.25, 0.3) is 0 Å². The third-order valence-corrected chi connectivity index (χ3v) is 4.65. The smallest absolute Gasteiger partial charge is 0.373 e. The van der Waals surface area contributed by atoms with Crippen LogP contribution in [0.4, 0.5) is 17.2 Å². The molecule has 2 aromatic carbocycles. The van der Waals surface area contributed by atoms with Crippen molar-refractivity contribution < 1.29 is 9.66 Å². The van der Waals surface area contributed by atoms with Crippen molar-refractivity contribution in [2.24, 2.45) is 0 Å². The van der Waals surface area contributed by atoms with E-state index in [1.807, 2.05) is 12.1 Å². The molecule has 0 radical (unpaired) electrons. The average Bonchev–Trinajstić information content (AvgIpc) is 2.65. The van der Waals surface area contributed by atoms with Crippen LogP contribution in [0.1, 0.15) is 25.3 Å². The predicted molar refractivity (Wildman–Crippen MR) is 109 cm³/mol. The third-order valence-electron chi connectivity index (χ3n) is 3.91. The van der Waals surface area contributed by atoms with Crippen LogP contribution >= 0.6 is 23.2 Å². The van der Waals surface area contributed by atoms with Crippen LogP contribution in [0.25, 0.3) is 0 Å². The van der Waals surface area contributed by atoms with Crippen LogP contribution in [-0.4, -0.2) is 14.9 Å². The molecule has 0 amide bonds. The number of nitrogens with one attached hydrogen (secondary N) is 1. The number of benzene rings is 2. The van der Waals surface area contributed by atoms with Crippen molar-refractivity contribution in [1.29, 1.82) is 0 Å². The summed E-state index contributed by atoms with van der Waals surface area (Å²) >= 11 is 11.9. The molecule has 144 valence electrons. The van der Waals surface area contributed by atoms with Gasteiger partial charge in [-0.15, -0.1) is 0 Å². The molecular weight excluding hydrogens is 403 g/mol. The van der Waals surface area contributed by atoms with Gasteiger partial charge in [0.2, 0.25) is 5.82 Å². The monoisotopic (exact) mass is 418 g/mol. The lowest BCUT2D eigenvalue weighted by Crippen LogP contribution is -2.03. The minimum absolute atomic E-state index is 0.0211. The first-order chi connectivity index (χ1) is 13.3. The van der Waals surface area contributed by atoms with Gasteiger partial charge in [0.15, 0.2) is 0 Å². The van der Waals surface area contributed by atoms with Crippen LogP contribution in [-0.2, 0) is 0 Å². The molecular formula is C19H16Cl2N4O3. The Morgan fingerprint density at radius 1 is 1.07 bits per heavy atom. The number of hydrogen-bond acceptors (Lipinski definition) is 6. The van der Waals surface area contributed by atoms with Gasteiger partial charge in [0.05, 0.1) is 15.0 Å². The van der Waals surface area contributed by atoms with Crippen molar-refractivity contribution in [3.63, 3.8) is 0 Å². The molecule has 1 N–H and O–H groups in total. The van der Waals surface area contributed by atoms with Gasteiger partial charge in [-0.1, -0.05) is 49.2 Å². The number of rotatable bonds is 6. The van der Waals surface area contributed by atoms with E-state index < -0.39 is 4.92 Å². The lowest BCUT2D eigenvalue weighted by atomic mass is 10.0. The quantitative estimate of drug-likeness (QED) is 0.370. The van der Waals surface area contributed by atoms with E-state index in [0.29, 0.717) is 27.4 Å². The Bertz CT molecular complexity index is 1010. The van der Waals surface area contributed by atoms with Gasteiger partial charge in [0, 0.05) is 5.69 Å². The van der Waals surface area contributed by atoms with E-state index in [2.05, 4.69) is 29.1 Å². The maximum absolute atomic E-state index is 11.6. The first-order valence-electron chi connectivity index (χ1n) is 8.34. The highest BCUT2D eigenvalue weighted by Gasteiger charge is 2.25. The molecule has 0 unspecified atom stereocenters.